The zero-order chi connectivity index (χ0) is 13.3. The molecular weight excluding hydrogens is 228 g/mol. The molecule has 1 aliphatic heterocycles. The first-order valence-electron chi connectivity index (χ1n) is 6.49. The van der Waals surface area contributed by atoms with E-state index in [2.05, 4.69) is 24.3 Å². The van der Waals surface area contributed by atoms with Crippen molar-refractivity contribution < 1.29 is 4.79 Å². The standard InChI is InChI=1S/C13H22N4O/c1-9(2)12-10(8-17(4)15-12)7-14-11-5-6-16(3)13(11)18/h8-9,11,14H,5-7H2,1-4H3. The van der Waals surface area contributed by atoms with Gasteiger partial charge in [-0.2, -0.15) is 5.10 Å². The van der Waals surface area contributed by atoms with Gasteiger partial charge in [0.25, 0.3) is 0 Å². The molecule has 1 aliphatic rings. The zero-order valence-electron chi connectivity index (χ0n) is 11.6. The van der Waals surface area contributed by atoms with Crippen LogP contribution in [0.1, 0.15) is 37.4 Å². The minimum absolute atomic E-state index is 0.0322. The summed E-state index contributed by atoms with van der Waals surface area (Å²) in [4.78, 5) is 13.6. The smallest absolute Gasteiger partial charge is 0.239 e. The minimum Gasteiger partial charge on any atom is -0.344 e. The summed E-state index contributed by atoms with van der Waals surface area (Å²) in [5.41, 5.74) is 2.30. The van der Waals surface area contributed by atoms with Crippen LogP contribution in [-0.4, -0.2) is 40.2 Å². The molecule has 1 unspecified atom stereocenters. The molecule has 2 heterocycles. The second kappa shape index (κ2) is 5.10. The van der Waals surface area contributed by atoms with Crippen LogP contribution >= 0.6 is 0 Å². The number of hydrogen-bond acceptors (Lipinski definition) is 3. The number of rotatable bonds is 4. The van der Waals surface area contributed by atoms with Gasteiger partial charge in [0.2, 0.25) is 5.91 Å². The van der Waals surface area contributed by atoms with Gasteiger partial charge in [0.15, 0.2) is 0 Å². The Hall–Kier alpha value is -1.36. The summed E-state index contributed by atoms with van der Waals surface area (Å²) in [6, 6.07) is -0.0322. The van der Waals surface area contributed by atoms with Crippen molar-refractivity contribution in [2.24, 2.45) is 7.05 Å². The van der Waals surface area contributed by atoms with Crippen molar-refractivity contribution in [1.29, 1.82) is 0 Å². The molecule has 5 heteroatoms. The highest BCUT2D eigenvalue weighted by Gasteiger charge is 2.28. The van der Waals surface area contributed by atoms with Crippen molar-refractivity contribution in [2.75, 3.05) is 13.6 Å². The lowest BCUT2D eigenvalue weighted by Gasteiger charge is -2.12. The van der Waals surface area contributed by atoms with Gasteiger partial charge < -0.3 is 10.2 Å². The summed E-state index contributed by atoms with van der Waals surface area (Å²) in [6.45, 7) is 5.84. The molecule has 0 aromatic carbocycles. The van der Waals surface area contributed by atoms with E-state index in [1.54, 1.807) is 4.90 Å². The summed E-state index contributed by atoms with van der Waals surface area (Å²) >= 11 is 0. The third-order valence-electron chi connectivity index (χ3n) is 3.45. The Kier molecular flexibility index (Phi) is 3.71. The first-order chi connectivity index (χ1) is 8.49. The summed E-state index contributed by atoms with van der Waals surface area (Å²) < 4.78 is 1.84. The Morgan fingerprint density at radius 1 is 1.50 bits per heavy atom. The van der Waals surface area contributed by atoms with Gasteiger partial charge in [0, 0.05) is 38.9 Å². The Morgan fingerprint density at radius 3 is 2.78 bits per heavy atom. The van der Waals surface area contributed by atoms with Crippen molar-refractivity contribution in [3.8, 4) is 0 Å². The molecule has 18 heavy (non-hydrogen) atoms. The maximum absolute atomic E-state index is 11.8. The van der Waals surface area contributed by atoms with E-state index in [1.165, 1.54) is 5.56 Å². The molecule has 1 aromatic rings. The Balaban J connectivity index is 2.00. The molecule has 1 fully saturated rings. The van der Waals surface area contributed by atoms with Gasteiger partial charge in [0.1, 0.15) is 0 Å². The van der Waals surface area contributed by atoms with E-state index >= 15 is 0 Å². The van der Waals surface area contributed by atoms with E-state index in [1.807, 2.05) is 25.0 Å². The van der Waals surface area contributed by atoms with Crippen LogP contribution in [0.2, 0.25) is 0 Å². The number of nitrogens with one attached hydrogen (secondary N) is 1. The van der Waals surface area contributed by atoms with Crippen LogP contribution in [0.3, 0.4) is 0 Å². The fourth-order valence-electron chi connectivity index (χ4n) is 2.42. The molecule has 1 atom stereocenters. The average Bonchev–Trinajstić information content (AvgIpc) is 2.82. The minimum atomic E-state index is -0.0322. The van der Waals surface area contributed by atoms with Crippen LogP contribution < -0.4 is 5.32 Å². The van der Waals surface area contributed by atoms with Crippen LogP contribution in [0, 0.1) is 0 Å². The normalized spacial score (nSPS) is 20.2. The topological polar surface area (TPSA) is 50.2 Å². The van der Waals surface area contributed by atoms with E-state index in [0.29, 0.717) is 12.5 Å². The number of hydrogen-bond donors (Lipinski definition) is 1. The molecule has 1 amide bonds. The lowest BCUT2D eigenvalue weighted by Crippen LogP contribution is -2.36. The summed E-state index contributed by atoms with van der Waals surface area (Å²) in [7, 11) is 3.79. The Bertz CT molecular complexity index is 438. The molecular formula is C13H22N4O. The van der Waals surface area contributed by atoms with E-state index in [-0.39, 0.29) is 11.9 Å². The highest BCUT2D eigenvalue weighted by molar-refractivity contribution is 5.83. The summed E-state index contributed by atoms with van der Waals surface area (Å²) in [6.07, 6.45) is 2.93. The largest absolute Gasteiger partial charge is 0.344 e. The molecule has 0 spiro atoms. The van der Waals surface area contributed by atoms with Crippen LogP contribution in [0.4, 0.5) is 0 Å². The predicted octanol–water partition coefficient (Wildman–Crippen LogP) is 0.864. The van der Waals surface area contributed by atoms with Crippen molar-refractivity contribution in [3.05, 3.63) is 17.5 Å². The van der Waals surface area contributed by atoms with Crippen molar-refractivity contribution in [3.63, 3.8) is 0 Å². The number of aryl methyl sites for hydroxylation is 1. The third-order valence-corrected chi connectivity index (χ3v) is 3.45. The SMILES string of the molecule is CC(C)c1nn(C)cc1CNC1CCN(C)C1=O. The maximum Gasteiger partial charge on any atom is 0.239 e. The van der Waals surface area contributed by atoms with Gasteiger partial charge in [-0.3, -0.25) is 9.48 Å². The van der Waals surface area contributed by atoms with Gasteiger partial charge in [0.05, 0.1) is 11.7 Å². The fourth-order valence-corrected chi connectivity index (χ4v) is 2.42. The molecule has 1 saturated heterocycles. The number of likely N-dealkylation sites (tertiary alicyclic amines) is 1. The van der Waals surface area contributed by atoms with Gasteiger partial charge in [-0.1, -0.05) is 13.8 Å². The average molecular weight is 250 g/mol. The number of likely N-dealkylation sites (N-methyl/N-ethyl adjacent to an activating group) is 1. The summed E-state index contributed by atoms with van der Waals surface area (Å²) in [5, 5.41) is 7.81. The van der Waals surface area contributed by atoms with Gasteiger partial charge in [-0.15, -0.1) is 0 Å². The fraction of sp³-hybridized carbons (Fsp3) is 0.692. The zero-order valence-corrected chi connectivity index (χ0v) is 11.6. The molecule has 100 valence electrons. The van der Waals surface area contributed by atoms with E-state index in [9.17, 15) is 4.79 Å². The number of nitrogens with zero attached hydrogens (tertiary/aromatic N) is 3. The molecule has 5 nitrogen and oxygen atoms in total. The summed E-state index contributed by atoms with van der Waals surface area (Å²) in [5.74, 6) is 0.606. The Morgan fingerprint density at radius 2 is 2.22 bits per heavy atom. The monoisotopic (exact) mass is 250 g/mol. The van der Waals surface area contributed by atoms with E-state index < -0.39 is 0 Å². The van der Waals surface area contributed by atoms with Gasteiger partial charge in [-0.25, -0.2) is 0 Å². The lowest BCUT2D eigenvalue weighted by atomic mass is 10.1. The first kappa shape index (κ1) is 13.1. The molecule has 2 rings (SSSR count). The van der Waals surface area contributed by atoms with E-state index in [4.69, 9.17) is 0 Å². The molecule has 0 aliphatic carbocycles. The van der Waals surface area contributed by atoms with Crippen LogP contribution in [-0.2, 0) is 18.4 Å². The van der Waals surface area contributed by atoms with Crippen LogP contribution in [0.25, 0.3) is 0 Å². The maximum atomic E-state index is 11.8. The molecule has 1 N–H and O–H groups in total. The van der Waals surface area contributed by atoms with Gasteiger partial charge >= 0.3 is 0 Å². The van der Waals surface area contributed by atoms with Crippen LogP contribution in [0.15, 0.2) is 6.20 Å². The second-order valence-corrected chi connectivity index (χ2v) is 5.35. The molecule has 0 radical (unpaired) electrons. The molecule has 0 saturated carbocycles. The number of carbonyl (C=O) groups is 1. The quantitative estimate of drug-likeness (QED) is 0.862. The number of amides is 1. The third kappa shape index (κ3) is 2.56. The predicted molar refractivity (Wildman–Crippen MR) is 70.2 cm³/mol. The van der Waals surface area contributed by atoms with Crippen molar-refractivity contribution in [2.45, 2.75) is 38.8 Å². The van der Waals surface area contributed by atoms with Gasteiger partial charge in [-0.05, 0) is 12.3 Å². The first-order valence-corrected chi connectivity index (χ1v) is 6.49. The van der Waals surface area contributed by atoms with Crippen LogP contribution in [0.5, 0.6) is 0 Å². The highest BCUT2D eigenvalue weighted by Crippen LogP contribution is 2.18. The van der Waals surface area contributed by atoms with E-state index in [0.717, 1.165) is 18.7 Å². The molecule has 1 aromatic heterocycles. The molecule has 0 bridgehead atoms. The Labute approximate surface area is 108 Å². The lowest BCUT2D eigenvalue weighted by molar-refractivity contribution is -0.128. The number of carbonyl (C=O) groups excluding carboxylic acids is 1. The second-order valence-electron chi connectivity index (χ2n) is 5.35. The van der Waals surface area contributed by atoms with Crippen molar-refractivity contribution in [1.82, 2.24) is 20.0 Å². The van der Waals surface area contributed by atoms with Crippen molar-refractivity contribution >= 4 is 5.91 Å². The highest BCUT2D eigenvalue weighted by atomic mass is 16.2. The number of aromatic nitrogens is 2.